The maximum Gasteiger partial charge on any atom is 0.205 e. The number of rotatable bonds is 4. The Morgan fingerprint density at radius 3 is 1.33 bits per heavy atom. The monoisotopic (exact) mass is 396 g/mol. The van der Waals surface area contributed by atoms with Crippen LogP contribution in [-0.4, -0.2) is 19.9 Å². The van der Waals surface area contributed by atoms with E-state index in [0.29, 0.717) is 0 Å². The lowest BCUT2D eigenvalue weighted by atomic mass is 10.1. The van der Waals surface area contributed by atoms with Gasteiger partial charge in [0.1, 0.15) is 0 Å². The maximum absolute atomic E-state index is 4.64. The van der Waals surface area contributed by atoms with Crippen molar-refractivity contribution in [2.24, 2.45) is 0 Å². The molecule has 0 unspecified atom stereocenters. The molecule has 6 nitrogen and oxygen atoms in total. The van der Waals surface area contributed by atoms with Crippen LogP contribution >= 0.6 is 0 Å². The van der Waals surface area contributed by atoms with Crippen molar-refractivity contribution in [1.29, 1.82) is 0 Å². The molecule has 0 amide bonds. The van der Waals surface area contributed by atoms with Gasteiger partial charge in [-0.2, -0.15) is 0 Å². The Balaban J connectivity index is 1.33. The van der Waals surface area contributed by atoms with Crippen LogP contribution in [0.25, 0.3) is 22.1 Å². The third kappa shape index (κ3) is 3.37. The van der Waals surface area contributed by atoms with Crippen LogP contribution in [0.3, 0.4) is 0 Å². The molecule has 150 valence electrons. The van der Waals surface area contributed by atoms with Crippen molar-refractivity contribution in [1.82, 2.24) is 19.9 Å². The van der Waals surface area contributed by atoms with Crippen LogP contribution in [0.5, 0.6) is 0 Å². The number of anilines is 4. The number of H-pyrrole nitrogens is 2. The highest BCUT2D eigenvalue weighted by atomic mass is 15.1. The molecule has 0 bridgehead atoms. The second-order valence-electron chi connectivity index (χ2n) is 7.91. The van der Waals surface area contributed by atoms with Crippen LogP contribution in [0.2, 0.25) is 0 Å². The van der Waals surface area contributed by atoms with Gasteiger partial charge in [-0.05, 0) is 98.5 Å². The molecule has 2 heterocycles. The first-order valence-corrected chi connectivity index (χ1v) is 10.0. The molecule has 0 radical (unpaired) electrons. The fraction of sp³-hybridized carbons (Fsp3) is 0.167. The van der Waals surface area contributed by atoms with E-state index in [9.17, 15) is 0 Å². The number of fused-ring (bicyclic) bond motifs is 2. The molecule has 3 aromatic carbocycles. The Hall–Kier alpha value is -3.80. The third-order valence-electron chi connectivity index (χ3n) is 5.61. The molecule has 0 aliphatic heterocycles. The van der Waals surface area contributed by atoms with Crippen molar-refractivity contribution in [2.45, 2.75) is 27.7 Å². The SMILES string of the molecule is Cc1cc2nc(Nc3ccc(Nc4nc5cc(C)c(C)cc5[nH]4)cc3)[nH]c2cc1C. The van der Waals surface area contributed by atoms with E-state index in [4.69, 9.17) is 0 Å². The lowest BCUT2D eigenvalue weighted by Gasteiger charge is -2.06. The molecule has 0 aliphatic carbocycles. The van der Waals surface area contributed by atoms with Gasteiger partial charge in [-0.15, -0.1) is 0 Å². The van der Waals surface area contributed by atoms with E-state index in [-0.39, 0.29) is 0 Å². The summed E-state index contributed by atoms with van der Waals surface area (Å²) in [4.78, 5) is 16.0. The molecule has 4 N–H and O–H groups in total. The summed E-state index contributed by atoms with van der Waals surface area (Å²) in [5.41, 5.74) is 10.9. The summed E-state index contributed by atoms with van der Waals surface area (Å²) >= 11 is 0. The number of aromatic amines is 2. The van der Waals surface area contributed by atoms with Crippen LogP contribution in [-0.2, 0) is 0 Å². The summed E-state index contributed by atoms with van der Waals surface area (Å²) < 4.78 is 0. The van der Waals surface area contributed by atoms with Gasteiger partial charge in [-0.3, -0.25) is 0 Å². The number of hydrogen-bond donors (Lipinski definition) is 4. The predicted molar refractivity (Wildman–Crippen MR) is 124 cm³/mol. The number of benzene rings is 3. The van der Waals surface area contributed by atoms with Gasteiger partial charge in [0.2, 0.25) is 11.9 Å². The first kappa shape index (κ1) is 18.2. The van der Waals surface area contributed by atoms with E-state index in [1.165, 1.54) is 22.3 Å². The highest BCUT2D eigenvalue weighted by Gasteiger charge is 2.07. The first-order valence-electron chi connectivity index (χ1n) is 10.0. The number of nitrogens with one attached hydrogen (secondary N) is 4. The minimum Gasteiger partial charge on any atom is -0.326 e. The standard InChI is InChI=1S/C24H24N6/c1-13-9-19-20(10-14(13)2)28-23(27-19)25-17-5-7-18(8-6-17)26-24-29-21-11-15(3)16(4)12-22(21)30-24/h5-12H,1-4H3,(H2,25,27,28)(H2,26,29,30). The van der Waals surface area contributed by atoms with Gasteiger partial charge in [0.25, 0.3) is 0 Å². The summed E-state index contributed by atoms with van der Waals surface area (Å²) in [7, 11) is 0. The molecule has 0 fully saturated rings. The van der Waals surface area contributed by atoms with Crippen molar-refractivity contribution in [3.05, 3.63) is 70.8 Å². The van der Waals surface area contributed by atoms with Crippen molar-refractivity contribution >= 4 is 45.3 Å². The lowest BCUT2D eigenvalue weighted by Crippen LogP contribution is -1.94. The van der Waals surface area contributed by atoms with Gasteiger partial charge in [0.05, 0.1) is 22.1 Å². The van der Waals surface area contributed by atoms with Crippen LogP contribution in [0.4, 0.5) is 23.3 Å². The summed E-state index contributed by atoms with van der Waals surface area (Å²) in [6, 6.07) is 16.5. The average Bonchev–Trinajstić information content (AvgIpc) is 3.26. The Morgan fingerprint density at radius 2 is 0.933 bits per heavy atom. The predicted octanol–water partition coefficient (Wildman–Crippen LogP) is 6.16. The Bertz CT molecular complexity index is 1190. The van der Waals surface area contributed by atoms with Crippen molar-refractivity contribution in [3.8, 4) is 0 Å². The van der Waals surface area contributed by atoms with E-state index >= 15 is 0 Å². The lowest BCUT2D eigenvalue weighted by molar-refractivity contribution is 1.30. The van der Waals surface area contributed by atoms with E-state index < -0.39 is 0 Å². The van der Waals surface area contributed by atoms with Gasteiger partial charge >= 0.3 is 0 Å². The number of aromatic nitrogens is 4. The minimum absolute atomic E-state index is 0.735. The average molecular weight is 396 g/mol. The maximum atomic E-state index is 4.64. The minimum atomic E-state index is 0.735. The fourth-order valence-electron chi connectivity index (χ4n) is 3.57. The second kappa shape index (κ2) is 6.91. The van der Waals surface area contributed by atoms with Gasteiger partial charge < -0.3 is 20.6 Å². The van der Waals surface area contributed by atoms with Gasteiger partial charge in [0, 0.05) is 11.4 Å². The molecule has 5 rings (SSSR count). The molecule has 0 atom stereocenters. The van der Waals surface area contributed by atoms with Crippen LogP contribution in [0.15, 0.2) is 48.5 Å². The molecule has 0 aliphatic rings. The highest BCUT2D eigenvalue weighted by molar-refractivity contribution is 5.81. The van der Waals surface area contributed by atoms with Gasteiger partial charge in [-0.25, -0.2) is 9.97 Å². The Morgan fingerprint density at radius 1 is 0.567 bits per heavy atom. The van der Waals surface area contributed by atoms with Crippen LogP contribution in [0, 0.1) is 27.7 Å². The zero-order valence-electron chi connectivity index (χ0n) is 17.5. The van der Waals surface area contributed by atoms with Crippen molar-refractivity contribution in [2.75, 3.05) is 10.6 Å². The summed E-state index contributed by atoms with van der Waals surface area (Å²) in [6.45, 7) is 8.43. The van der Waals surface area contributed by atoms with Crippen LogP contribution in [0.1, 0.15) is 22.3 Å². The number of imidazole rings is 2. The zero-order chi connectivity index (χ0) is 20.8. The second-order valence-corrected chi connectivity index (χ2v) is 7.91. The number of nitrogens with zero attached hydrogens (tertiary/aromatic N) is 2. The van der Waals surface area contributed by atoms with Crippen molar-refractivity contribution in [3.63, 3.8) is 0 Å². The largest absolute Gasteiger partial charge is 0.326 e. The Kier molecular flexibility index (Phi) is 4.20. The van der Waals surface area contributed by atoms with E-state index in [1.807, 2.05) is 24.3 Å². The molecular formula is C24H24N6. The molecular weight excluding hydrogens is 372 g/mol. The van der Waals surface area contributed by atoms with Crippen LogP contribution < -0.4 is 10.6 Å². The normalized spacial score (nSPS) is 11.3. The molecule has 2 aromatic heterocycles. The third-order valence-corrected chi connectivity index (χ3v) is 5.61. The molecule has 0 spiro atoms. The van der Waals surface area contributed by atoms with Crippen molar-refractivity contribution < 1.29 is 0 Å². The van der Waals surface area contributed by atoms with Gasteiger partial charge in [-0.1, -0.05) is 0 Å². The van der Waals surface area contributed by atoms with E-state index in [2.05, 4.69) is 82.5 Å². The highest BCUT2D eigenvalue weighted by Crippen LogP contribution is 2.24. The molecule has 30 heavy (non-hydrogen) atoms. The number of hydrogen-bond acceptors (Lipinski definition) is 4. The van der Waals surface area contributed by atoms with E-state index in [0.717, 1.165) is 45.3 Å². The topological polar surface area (TPSA) is 81.4 Å². The fourth-order valence-corrected chi connectivity index (χ4v) is 3.57. The first-order chi connectivity index (χ1) is 14.4. The van der Waals surface area contributed by atoms with E-state index in [1.54, 1.807) is 0 Å². The summed E-state index contributed by atoms with van der Waals surface area (Å²) in [5, 5.41) is 6.68. The molecule has 0 saturated carbocycles. The summed E-state index contributed by atoms with van der Waals surface area (Å²) in [5.74, 6) is 1.47. The summed E-state index contributed by atoms with van der Waals surface area (Å²) in [6.07, 6.45) is 0. The smallest absolute Gasteiger partial charge is 0.205 e. The Labute approximate surface area is 174 Å². The molecule has 0 saturated heterocycles. The number of aryl methyl sites for hydroxylation is 4. The molecule has 6 heteroatoms. The van der Waals surface area contributed by atoms with Gasteiger partial charge in [0.15, 0.2) is 0 Å². The quantitative estimate of drug-likeness (QED) is 0.293. The molecule has 5 aromatic rings. The zero-order valence-corrected chi connectivity index (χ0v) is 17.5.